The summed E-state index contributed by atoms with van der Waals surface area (Å²) >= 11 is 0. The van der Waals surface area contributed by atoms with E-state index in [1.54, 1.807) is 7.11 Å². The van der Waals surface area contributed by atoms with Crippen molar-refractivity contribution < 1.29 is 17.9 Å². The standard InChI is InChI=1S/C20H31F3N4O/c1-3-24-19(25-12-11-20(21,22)23)26-15-17(27-13-7-4-8-14-27)16-9-5-6-10-18(16)28-2/h5-6,9-10,17H,3-4,7-8,11-15H2,1-2H3,(H2,24,25,26). The molecule has 1 aliphatic heterocycles. The second-order valence-corrected chi connectivity index (χ2v) is 6.87. The van der Waals surface area contributed by atoms with E-state index in [1.165, 1.54) is 6.42 Å². The van der Waals surface area contributed by atoms with Crippen LogP contribution in [0.1, 0.15) is 44.2 Å². The van der Waals surface area contributed by atoms with Gasteiger partial charge < -0.3 is 15.4 Å². The number of piperidine rings is 1. The van der Waals surface area contributed by atoms with Crippen LogP contribution in [0, 0.1) is 0 Å². The molecule has 0 amide bonds. The monoisotopic (exact) mass is 400 g/mol. The molecule has 1 atom stereocenters. The van der Waals surface area contributed by atoms with Gasteiger partial charge >= 0.3 is 6.18 Å². The Morgan fingerprint density at radius 2 is 1.89 bits per heavy atom. The van der Waals surface area contributed by atoms with E-state index >= 15 is 0 Å². The second kappa shape index (κ2) is 11.1. The molecule has 2 rings (SSSR count). The summed E-state index contributed by atoms with van der Waals surface area (Å²) < 4.78 is 42.8. The molecule has 0 aromatic heterocycles. The van der Waals surface area contributed by atoms with Crippen molar-refractivity contribution in [1.29, 1.82) is 0 Å². The predicted molar refractivity (Wildman–Crippen MR) is 106 cm³/mol. The highest BCUT2D eigenvalue weighted by Crippen LogP contribution is 2.31. The first-order valence-corrected chi connectivity index (χ1v) is 9.90. The van der Waals surface area contributed by atoms with Crippen molar-refractivity contribution in [3.05, 3.63) is 29.8 Å². The Kier molecular flexibility index (Phi) is 8.89. The minimum Gasteiger partial charge on any atom is -0.496 e. The number of hydrogen-bond acceptors (Lipinski definition) is 3. The first kappa shape index (κ1) is 22.3. The molecule has 0 saturated carbocycles. The zero-order chi connectivity index (χ0) is 20.4. The highest BCUT2D eigenvalue weighted by Gasteiger charge is 2.27. The lowest BCUT2D eigenvalue weighted by atomic mass is 10.0. The van der Waals surface area contributed by atoms with E-state index in [9.17, 15) is 13.2 Å². The Hall–Kier alpha value is -1.96. The van der Waals surface area contributed by atoms with Crippen LogP contribution in [-0.2, 0) is 0 Å². The van der Waals surface area contributed by atoms with Crippen molar-refractivity contribution in [3.8, 4) is 5.75 Å². The third-order valence-corrected chi connectivity index (χ3v) is 4.80. The van der Waals surface area contributed by atoms with Gasteiger partial charge in [-0.15, -0.1) is 0 Å². The van der Waals surface area contributed by atoms with Gasteiger partial charge in [0.2, 0.25) is 0 Å². The number of aliphatic imine (C=N–C) groups is 1. The summed E-state index contributed by atoms with van der Waals surface area (Å²) in [4.78, 5) is 6.98. The van der Waals surface area contributed by atoms with E-state index < -0.39 is 12.6 Å². The summed E-state index contributed by atoms with van der Waals surface area (Å²) in [6.07, 6.45) is -1.57. The fourth-order valence-electron chi connectivity index (χ4n) is 3.42. The molecule has 1 heterocycles. The largest absolute Gasteiger partial charge is 0.496 e. The minimum atomic E-state index is -4.18. The van der Waals surface area contributed by atoms with E-state index in [2.05, 4.69) is 20.5 Å². The number of para-hydroxylation sites is 1. The Morgan fingerprint density at radius 3 is 2.54 bits per heavy atom. The number of likely N-dealkylation sites (tertiary alicyclic amines) is 1. The minimum absolute atomic E-state index is 0.0227. The molecule has 1 saturated heterocycles. The van der Waals surface area contributed by atoms with Crippen molar-refractivity contribution in [1.82, 2.24) is 15.5 Å². The van der Waals surface area contributed by atoms with Gasteiger partial charge in [0.05, 0.1) is 26.1 Å². The van der Waals surface area contributed by atoms with Gasteiger partial charge in [0.15, 0.2) is 5.96 Å². The molecule has 158 valence electrons. The zero-order valence-corrected chi connectivity index (χ0v) is 16.7. The first-order chi connectivity index (χ1) is 13.4. The highest BCUT2D eigenvalue weighted by molar-refractivity contribution is 5.79. The number of hydrogen-bond donors (Lipinski definition) is 2. The van der Waals surface area contributed by atoms with Gasteiger partial charge in [-0.2, -0.15) is 13.2 Å². The molecular weight excluding hydrogens is 369 g/mol. The first-order valence-electron chi connectivity index (χ1n) is 9.90. The number of nitrogens with one attached hydrogen (secondary N) is 2. The normalized spacial score (nSPS) is 17.2. The molecule has 1 aromatic carbocycles. The van der Waals surface area contributed by atoms with E-state index in [0.717, 1.165) is 37.2 Å². The predicted octanol–water partition coefficient (Wildman–Crippen LogP) is 3.73. The Morgan fingerprint density at radius 1 is 1.18 bits per heavy atom. The molecule has 0 spiro atoms. The number of ether oxygens (including phenoxy) is 1. The number of rotatable bonds is 8. The smallest absolute Gasteiger partial charge is 0.390 e. The summed E-state index contributed by atoms with van der Waals surface area (Å²) in [5, 5.41) is 5.81. The van der Waals surface area contributed by atoms with Crippen LogP contribution in [0.5, 0.6) is 5.75 Å². The Balaban J connectivity index is 2.15. The van der Waals surface area contributed by atoms with Crippen LogP contribution in [0.4, 0.5) is 13.2 Å². The van der Waals surface area contributed by atoms with Crippen molar-refractivity contribution in [2.45, 2.75) is 44.8 Å². The molecule has 0 aliphatic carbocycles. The fraction of sp³-hybridized carbons (Fsp3) is 0.650. The molecule has 0 radical (unpaired) electrons. The lowest BCUT2D eigenvalue weighted by molar-refractivity contribution is -0.132. The van der Waals surface area contributed by atoms with Crippen LogP contribution in [-0.4, -0.2) is 56.9 Å². The number of guanidine groups is 1. The lowest BCUT2D eigenvalue weighted by Gasteiger charge is -2.34. The Bertz CT molecular complexity index is 616. The maximum absolute atomic E-state index is 12.4. The topological polar surface area (TPSA) is 48.9 Å². The third kappa shape index (κ3) is 7.22. The quantitative estimate of drug-likeness (QED) is 0.516. The van der Waals surface area contributed by atoms with Crippen LogP contribution in [0.15, 0.2) is 29.3 Å². The van der Waals surface area contributed by atoms with Gasteiger partial charge in [0.25, 0.3) is 0 Å². The summed E-state index contributed by atoms with van der Waals surface area (Å²) in [6.45, 7) is 4.69. The van der Waals surface area contributed by atoms with E-state index in [0.29, 0.717) is 19.0 Å². The van der Waals surface area contributed by atoms with Gasteiger partial charge in [-0.3, -0.25) is 9.89 Å². The summed E-state index contributed by atoms with van der Waals surface area (Å²) in [7, 11) is 1.65. The fourth-order valence-corrected chi connectivity index (χ4v) is 3.42. The maximum Gasteiger partial charge on any atom is 0.390 e. The summed E-state index contributed by atoms with van der Waals surface area (Å²) in [6, 6.07) is 7.90. The van der Waals surface area contributed by atoms with Gasteiger partial charge in [0.1, 0.15) is 5.75 Å². The molecule has 1 unspecified atom stereocenters. The van der Waals surface area contributed by atoms with Crippen LogP contribution >= 0.6 is 0 Å². The molecule has 28 heavy (non-hydrogen) atoms. The van der Waals surface area contributed by atoms with Crippen molar-refractivity contribution in [2.24, 2.45) is 4.99 Å². The van der Waals surface area contributed by atoms with Crippen molar-refractivity contribution >= 4 is 5.96 Å². The highest BCUT2D eigenvalue weighted by atomic mass is 19.4. The second-order valence-electron chi connectivity index (χ2n) is 6.87. The number of nitrogens with zero attached hydrogens (tertiary/aromatic N) is 2. The van der Waals surface area contributed by atoms with Crippen LogP contribution in [0.3, 0.4) is 0 Å². The maximum atomic E-state index is 12.4. The SMILES string of the molecule is CCNC(=NCC(c1ccccc1OC)N1CCCCC1)NCCC(F)(F)F. The van der Waals surface area contributed by atoms with E-state index in [-0.39, 0.29) is 12.6 Å². The molecule has 8 heteroatoms. The molecule has 2 N–H and O–H groups in total. The number of alkyl halides is 3. The van der Waals surface area contributed by atoms with Crippen LogP contribution < -0.4 is 15.4 Å². The van der Waals surface area contributed by atoms with Gasteiger partial charge in [-0.05, 0) is 38.9 Å². The molecule has 1 fully saturated rings. The van der Waals surface area contributed by atoms with E-state index in [1.807, 2.05) is 31.2 Å². The van der Waals surface area contributed by atoms with Gasteiger partial charge in [-0.25, -0.2) is 0 Å². The Labute approximate surface area is 165 Å². The lowest BCUT2D eigenvalue weighted by Crippen LogP contribution is -2.40. The number of benzene rings is 1. The number of halogens is 3. The van der Waals surface area contributed by atoms with E-state index in [4.69, 9.17) is 4.74 Å². The average molecular weight is 400 g/mol. The molecule has 1 aliphatic rings. The summed E-state index contributed by atoms with van der Waals surface area (Å²) in [5.41, 5.74) is 1.06. The number of methoxy groups -OCH3 is 1. The van der Waals surface area contributed by atoms with Crippen molar-refractivity contribution in [3.63, 3.8) is 0 Å². The molecular formula is C20H31F3N4O. The average Bonchev–Trinajstić information content (AvgIpc) is 2.68. The molecule has 1 aromatic rings. The van der Waals surface area contributed by atoms with Gasteiger partial charge in [-0.1, -0.05) is 24.6 Å². The molecule has 0 bridgehead atoms. The summed E-state index contributed by atoms with van der Waals surface area (Å²) in [5.74, 6) is 1.21. The zero-order valence-electron chi connectivity index (χ0n) is 16.7. The van der Waals surface area contributed by atoms with Crippen molar-refractivity contribution in [2.75, 3.05) is 39.8 Å². The van der Waals surface area contributed by atoms with Gasteiger partial charge in [0, 0.05) is 18.7 Å². The third-order valence-electron chi connectivity index (χ3n) is 4.80. The molecule has 5 nitrogen and oxygen atoms in total. The van der Waals surface area contributed by atoms with Crippen LogP contribution in [0.2, 0.25) is 0 Å². The van der Waals surface area contributed by atoms with Crippen LogP contribution in [0.25, 0.3) is 0 Å².